The molecular formula is C14H20N2O. The second-order valence-electron chi connectivity index (χ2n) is 4.23. The quantitative estimate of drug-likeness (QED) is 0.733. The molecule has 0 atom stereocenters. The standard InChI is InChI=1S/C14H20N2O/c1-17-8-4-7-15-10-13-11-16-9-12-5-2-3-6-14(12)13/h2-3,5-6,11,15-16H,4,7-10H2,1H3. The molecule has 1 aromatic rings. The Bertz CT molecular complexity index is 388. The highest BCUT2D eigenvalue weighted by molar-refractivity contribution is 5.70. The molecule has 0 saturated carbocycles. The summed E-state index contributed by atoms with van der Waals surface area (Å²) in [6.45, 7) is 3.66. The molecule has 2 rings (SSSR count). The SMILES string of the molecule is COCCCNCC1=CNCc2ccccc21. The van der Waals surface area contributed by atoms with Crippen LogP contribution in [0.15, 0.2) is 30.5 Å². The first kappa shape index (κ1) is 12.1. The molecule has 0 fully saturated rings. The maximum Gasteiger partial charge on any atom is 0.0474 e. The topological polar surface area (TPSA) is 33.3 Å². The van der Waals surface area contributed by atoms with Gasteiger partial charge >= 0.3 is 0 Å². The van der Waals surface area contributed by atoms with Crippen LogP contribution < -0.4 is 10.6 Å². The van der Waals surface area contributed by atoms with Gasteiger partial charge in [0, 0.05) is 33.0 Å². The minimum Gasteiger partial charge on any atom is -0.387 e. The second-order valence-corrected chi connectivity index (χ2v) is 4.23. The van der Waals surface area contributed by atoms with Gasteiger partial charge in [0.2, 0.25) is 0 Å². The molecule has 92 valence electrons. The molecule has 1 aliphatic heterocycles. The number of nitrogens with one attached hydrogen (secondary N) is 2. The van der Waals surface area contributed by atoms with Crippen LogP contribution in [0.2, 0.25) is 0 Å². The van der Waals surface area contributed by atoms with Gasteiger partial charge in [0.1, 0.15) is 0 Å². The summed E-state index contributed by atoms with van der Waals surface area (Å²) in [6, 6.07) is 8.57. The average molecular weight is 232 g/mol. The van der Waals surface area contributed by atoms with Crippen molar-refractivity contribution in [3.63, 3.8) is 0 Å². The van der Waals surface area contributed by atoms with E-state index in [1.165, 1.54) is 16.7 Å². The maximum atomic E-state index is 5.02. The van der Waals surface area contributed by atoms with Crippen molar-refractivity contribution < 1.29 is 4.74 Å². The van der Waals surface area contributed by atoms with E-state index in [0.717, 1.165) is 32.7 Å². The van der Waals surface area contributed by atoms with Crippen LogP contribution in [0.1, 0.15) is 17.5 Å². The van der Waals surface area contributed by atoms with Gasteiger partial charge in [-0.05, 0) is 29.7 Å². The lowest BCUT2D eigenvalue weighted by atomic mass is 9.98. The Morgan fingerprint density at radius 2 is 2.24 bits per heavy atom. The summed E-state index contributed by atoms with van der Waals surface area (Å²) in [5, 5.41) is 6.76. The van der Waals surface area contributed by atoms with Crippen LogP contribution in [0.3, 0.4) is 0 Å². The molecule has 3 heteroatoms. The fourth-order valence-corrected chi connectivity index (χ4v) is 2.06. The molecule has 0 spiro atoms. The van der Waals surface area contributed by atoms with Crippen molar-refractivity contribution in [3.8, 4) is 0 Å². The lowest BCUT2D eigenvalue weighted by molar-refractivity contribution is 0.194. The van der Waals surface area contributed by atoms with E-state index in [1.807, 2.05) is 0 Å². The van der Waals surface area contributed by atoms with Gasteiger partial charge in [0.25, 0.3) is 0 Å². The summed E-state index contributed by atoms with van der Waals surface area (Å²) >= 11 is 0. The predicted molar refractivity (Wildman–Crippen MR) is 70.6 cm³/mol. The van der Waals surface area contributed by atoms with E-state index >= 15 is 0 Å². The van der Waals surface area contributed by atoms with Crippen molar-refractivity contribution in [1.82, 2.24) is 10.6 Å². The number of rotatable bonds is 6. The van der Waals surface area contributed by atoms with Gasteiger partial charge in [-0.3, -0.25) is 0 Å². The first-order valence-corrected chi connectivity index (χ1v) is 6.12. The van der Waals surface area contributed by atoms with Gasteiger partial charge in [-0.2, -0.15) is 0 Å². The Hall–Kier alpha value is -1.32. The molecule has 2 N–H and O–H groups in total. The summed E-state index contributed by atoms with van der Waals surface area (Å²) in [4.78, 5) is 0. The van der Waals surface area contributed by atoms with E-state index in [2.05, 4.69) is 41.1 Å². The van der Waals surface area contributed by atoms with E-state index in [1.54, 1.807) is 7.11 Å². The Kier molecular flexibility index (Phi) is 4.59. The first-order valence-electron chi connectivity index (χ1n) is 6.12. The summed E-state index contributed by atoms with van der Waals surface area (Å²) in [6.07, 6.45) is 3.17. The third kappa shape index (κ3) is 3.32. The summed E-state index contributed by atoms with van der Waals surface area (Å²) < 4.78 is 5.02. The van der Waals surface area contributed by atoms with E-state index in [-0.39, 0.29) is 0 Å². The van der Waals surface area contributed by atoms with E-state index in [0.29, 0.717) is 0 Å². The first-order chi connectivity index (χ1) is 8.42. The van der Waals surface area contributed by atoms with Gasteiger partial charge < -0.3 is 15.4 Å². The van der Waals surface area contributed by atoms with Crippen molar-refractivity contribution in [2.24, 2.45) is 0 Å². The molecule has 0 radical (unpaired) electrons. The molecule has 0 aliphatic carbocycles. The minimum atomic E-state index is 0.820. The molecule has 17 heavy (non-hydrogen) atoms. The highest BCUT2D eigenvalue weighted by Gasteiger charge is 2.10. The van der Waals surface area contributed by atoms with Crippen LogP contribution in [-0.2, 0) is 11.3 Å². The number of hydrogen-bond acceptors (Lipinski definition) is 3. The van der Waals surface area contributed by atoms with Gasteiger partial charge in [0.15, 0.2) is 0 Å². The monoisotopic (exact) mass is 232 g/mol. The van der Waals surface area contributed by atoms with Crippen LogP contribution >= 0.6 is 0 Å². The molecule has 0 amide bonds. The number of fused-ring (bicyclic) bond motifs is 1. The molecular weight excluding hydrogens is 212 g/mol. The van der Waals surface area contributed by atoms with E-state index < -0.39 is 0 Å². The molecule has 3 nitrogen and oxygen atoms in total. The Labute approximate surface area is 103 Å². The maximum absolute atomic E-state index is 5.02. The summed E-state index contributed by atoms with van der Waals surface area (Å²) in [5.74, 6) is 0. The number of methoxy groups -OCH3 is 1. The van der Waals surface area contributed by atoms with Crippen molar-refractivity contribution in [2.75, 3.05) is 26.8 Å². The highest BCUT2D eigenvalue weighted by Crippen LogP contribution is 2.21. The molecule has 0 bridgehead atoms. The number of hydrogen-bond donors (Lipinski definition) is 2. The zero-order chi connectivity index (χ0) is 11.9. The second kappa shape index (κ2) is 6.42. The van der Waals surface area contributed by atoms with Crippen molar-refractivity contribution in [3.05, 3.63) is 41.6 Å². The van der Waals surface area contributed by atoms with Crippen LogP contribution in [0.25, 0.3) is 5.57 Å². The third-order valence-corrected chi connectivity index (χ3v) is 2.95. The number of ether oxygens (including phenoxy) is 1. The molecule has 1 aliphatic rings. The smallest absolute Gasteiger partial charge is 0.0474 e. The minimum absolute atomic E-state index is 0.820. The largest absolute Gasteiger partial charge is 0.387 e. The molecule has 0 saturated heterocycles. The van der Waals surface area contributed by atoms with Crippen molar-refractivity contribution in [1.29, 1.82) is 0 Å². The van der Waals surface area contributed by atoms with Gasteiger partial charge in [-0.15, -0.1) is 0 Å². The summed E-state index contributed by atoms with van der Waals surface area (Å²) in [5.41, 5.74) is 4.08. The lowest BCUT2D eigenvalue weighted by Crippen LogP contribution is -2.23. The van der Waals surface area contributed by atoms with Crippen LogP contribution in [0.4, 0.5) is 0 Å². The van der Waals surface area contributed by atoms with E-state index in [9.17, 15) is 0 Å². The highest BCUT2D eigenvalue weighted by atomic mass is 16.5. The zero-order valence-electron chi connectivity index (χ0n) is 10.3. The van der Waals surface area contributed by atoms with Crippen LogP contribution in [0, 0.1) is 0 Å². The van der Waals surface area contributed by atoms with Gasteiger partial charge in [-0.1, -0.05) is 24.3 Å². The zero-order valence-corrected chi connectivity index (χ0v) is 10.3. The lowest BCUT2D eigenvalue weighted by Gasteiger charge is -2.19. The van der Waals surface area contributed by atoms with Gasteiger partial charge in [0.05, 0.1) is 0 Å². The van der Waals surface area contributed by atoms with Crippen molar-refractivity contribution >= 4 is 5.57 Å². The van der Waals surface area contributed by atoms with E-state index in [4.69, 9.17) is 4.74 Å². The summed E-state index contributed by atoms with van der Waals surface area (Å²) in [7, 11) is 1.74. The Morgan fingerprint density at radius 1 is 1.35 bits per heavy atom. The molecule has 1 aromatic carbocycles. The average Bonchev–Trinajstić information content (AvgIpc) is 2.39. The normalized spacial score (nSPS) is 13.8. The molecule has 0 unspecified atom stereocenters. The fourth-order valence-electron chi connectivity index (χ4n) is 2.06. The molecule has 1 heterocycles. The van der Waals surface area contributed by atoms with Crippen molar-refractivity contribution in [2.45, 2.75) is 13.0 Å². The Balaban J connectivity index is 1.87. The predicted octanol–water partition coefficient (Wildman–Crippen LogP) is 1.76. The fraction of sp³-hybridized carbons (Fsp3) is 0.429. The third-order valence-electron chi connectivity index (χ3n) is 2.95. The Morgan fingerprint density at radius 3 is 3.12 bits per heavy atom. The number of benzene rings is 1. The van der Waals surface area contributed by atoms with Crippen LogP contribution in [0.5, 0.6) is 0 Å². The van der Waals surface area contributed by atoms with Crippen LogP contribution in [-0.4, -0.2) is 26.8 Å². The van der Waals surface area contributed by atoms with Gasteiger partial charge in [-0.25, -0.2) is 0 Å². The molecule has 0 aromatic heterocycles.